The summed E-state index contributed by atoms with van der Waals surface area (Å²) in [5.74, 6) is 0.0169. The fourth-order valence-corrected chi connectivity index (χ4v) is 3.29. The van der Waals surface area contributed by atoms with Crippen molar-refractivity contribution < 1.29 is 14.3 Å². The first-order valence-corrected chi connectivity index (χ1v) is 7.86. The third-order valence-electron chi connectivity index (χ3n) is 4.15. The number of nitrogens with one attached hydrogen (secondary N) is 1. The second-order valence-electron chi connectivity index (χ2n) is 5.66. The lowest BCUT2D eigenvalue weighted by molar-refractivity contribution is -0.158. The molecule has 1 saturated carbocycles. The number of fused-ring (bicyclic) bond motifs is 1. The van der Waals surface area contributed by atoms with Crippen molar-refractivity contribution in [3.8, 4) is 0 Å². The van der Waals surface area contributed by atoms with Crippen LogP contribution in [0.2, 0.25) is 5.02 Å². The fourth-order valence-electron chi connectivity index (χ4n) is 3.09. The number of carbonyl (C=O) groups excluding carboxylic acids is 1. The van der Waals surface area contributed by atoms with E-state index in [9.17, 15) is 4.79 Å². The van der Waals surface area contributed by atoms with Crippen LogP contribution in [-0.2, 0) is 20.7 Å². The van der Waals surface area contributed by atoms with E-state index in [1.54, 1.807) is 0 Å². The molecule has 3 rings (SSSR count). The number of hydrogen-bond acceptors (Lipinski definition) is 3. The van der Waals surface area contributed by atoms with Gasteiger partial charge in [-0.2, -0.15) is 0 Å². The van der Waals surface area contributed by atoms with E-state index in [-0.39, 0.29) is 24.2 Å². The Kier molecular flexibility index (Phi) is 4.78. The molecule has 0 radical (unpaired) electrons. The monoisotopic (exact) mass is 309 g/mol. The first-order valence-electron chi connectivity index (χ1n) is 7.48. The van der Waals surface area contributed by atoms with Crippen LogP contribution in [0.1, 0.15) is 24.8 Å². The Morgan fingerprint density at radius 2 is 1.95 bits per heavy atom. The van der Waals surface area contributed by atoms with Crippen LogP contribution in [0.15, 0.2) is 24.3 Å². The third-order valence-corrected chi connectivity index (χ3v) is 4.52. The summed E-state index contributed by atoms with van der Waals surface area (Å²) in [6, 6.07) is 7.63. The molecule has 2 fully saturated rings. The van der Waals surface area contributed by atoms with Gasteiger partial charge in [-0.15, -0.1) is 0 Å². The van der Waals surface area contributed by atoms with Gasteiger partial charge in [0.2, 0.25) is 5.91 Å². The molecule has 2 aliphatic rings. The van der Waals surface area contributed by atoms with Crippen LogP contribution < -0.4 is 5.32 Å². The SMILES string of the molecule is O=C(Cc1ccccc1Cl)N[C@@H]1CC[C@H]2OCCO[C@@H]2C1. The molecule has 1 aromatic rings. The van der Waals surface area contributed by atoms with Crippen molar-refractivity contribution in [2.24, 2.45) is 0 Å². The summed E-state index contributed by atoms with van der Waals surface area (Å²) in [6.07, 6.45) is 3.37. The molecule has 1 aliphatic heterocycles. The third kappa shape index (κ3) is 3.76. The van der Waals surface area contributed by atoms with E-state index in [0.717, 1.165) is 24.8 Å². The van der Waals surface area contributed by atoms with Crippen LogP contribution in [-0.4, -0.2) is 37.4 Å². The lowest BCUT2D eigenvalue weighted by atomic mass is 9.89. The molecular weight excluding hydrogens is 290 g/mol. The number of halogens is 1. The van der Waals surface area contributed by atoms with Crippen molar-refractivity contribution in [1.82, 2.24) is 5.32 Å². The van der Waals surface area contributed by atoms with E-state index in [1.165, 1.54) is 0 Å². The van der Waals surface area contributed by atoms with Crippen molar-refractivity contribution >= 4 is 17.5 Å². The Morgan fingerprint density at radius 3 is 2.76 bits per heavy atom. The second kappa shape index (κ2) is 6.77. The number of ether oxygens (including phenoxy) is 2. The van der Waals surface area contributed by atoms with Gasteiger partial charge in [0.05, 0.1) is 31.8 Å². The van der Waals surface area contributed by atoms with Crippen LogP contribution in [0, 0.1) is 0 Å². The minimum Gasteiger partial charge on any atom is -0.373 e. The highest BCUT2D eigenvalue weighted by Crippen LogP contribution is 2.27. The van der Waals surface area contributed by atoms with Crippen molar-refractivity contribution in [3.05, 3.63) is 34.9 Å². The van der Waals surface area contributed by atoms with Crippen LogP contribution in [0.3, 0.4) is 0 Å². The lowest BCUT2D eigenvalue weighted by Gasteiger charge is -2.39. The van der Waals surface area contributed by atoms with Gasteiger partial charge in [-0.3, -0.25) is 4.79 Å². The molecule has 0 spiro atoms. The van der Waals surface area contributed by atoms with Gasteiger partial charge < -0.3 is 14.8 Å². The minimum absolute atomic E-state index is 0.0169. The summed E-state index contributed by atoms with van der Waals surface area (Å²) in [6.45, 7) is 1.34. The zero-order chi connectivity index (χ0) is 14.7. The number of amides is 1. The maximum absolute atomic E-state index is 12.2. The van der Waals surface area contributed by atoms with Crippen LogP contribution in [0.4, 0.5) is 0 Å². The predicted molar refractivity (Wildman–Crippen MR) is 80.4 cm³/mol. The maximum Gasteiger partial charge on any atom is 0.224 e. The zero-order valence-corrected chi connectivity index (χ0v) is 12.6. The van der Waals surface area contributed by atoms with E-state index in [0.29, 0.717) is 24.7 Å². The van der Waals surface area contributed by atoms with Gasteiger partial charge in [0.15, 0.2) is 0 Å². The van der Waals surface area contributed by atoms with Gasteiger partial charge in [0.25, 0.3) is 0 Å². The van der Waals surface area contributed by atoms with Gasteiger partial charge in [-0.25, -0.2) is 0 Å². The van der Waals surface area contributed by atoms with Gasteiger partial charge in [0, 0.05) is 11.1 Å². The van der Waals surface area contributed by atoms with E-state index in [4.69, 9.17) is 21.1 Å². The summed E-state index contributed by atoms with van der Waals surface area (Å²) < 4.78 is 11.4. The first-order chi connectivity index (χ1) is 10.2. The topological polar surface area (TPSA) is 47.6 Å². The molecule has 1 aromatic carbocycles. The molecule has 0 aromatic heterocycles. The molecule has 1 aliphatic carbocycles. The summed E-state index contributed by atoms with van der Waals surface area (Å²) in [5, 5.41) is 3.73. The molecule has 0 bridgehead atoms. The van der Waals surface area contributed by atoms with Crippen molar-refractivity contribution in [2.45, 2.75) is 43.9 Å². The van der Waals surface area contributed by atoms with Gasteiger partial charge in [0.1, 0.15) is 0 Å². The average molecular weight is 310 g/mol. The summed E-state index contributed by atoms with van der Waals surface area (Å²) in [7, 11) is 0. The maximum atomic E-state index is 12.2. The van der Waals surface area contributed by atoms with E-state index in [2.05, 4.69) is 5.32 Å². The molecule has 3 atom stereocenters. The normalized spacial score (nSPS) is 28.7. The Hall–Kier alpha value is -1.10. The Bertz CT molecular complexity index is 508. The molecule has 4 nitrogen and oxygen atoms in total. The van der Waals surface area contributed by atoms with E-state index >= 15 is 0 Å². The molecule has 114 valence electrons. The smallest absolute Gasteiger partial charge is 0.224 e. The highest BCUT2D eigenvalue weighted by atomic mass is 35.5. The van der Waals surface area contributed by atoms with Crippen LogP contribution >= 0.6 is 11.6 Å². The number of hydrogen-bond donors (Lipinski definition) is 1. The number of rotatable bonds is 3. The molecule has 5 heteroatoms. The largest absolute Gasteiger partial charge is 0.373 e. The fraction of sp³-hybridized carbons (Fsp3) is 0.562. The Morgan fingerprint density at radius 1 is 1.19 bits per heavy atom. The molecule has 1 heterocycles. The summed E-state index contributed by atoms with van der Waals surface area (Å²) >= 11 is 6.09. The molecule has 1 N–H and O–H groups in total. The molecule has 1 saturated heterocycles. The second-order valence-corrected chi connectivity index (χ2v) is 6.07. The standard InChI is InChI=1S/C16H20ClNO3/c17-13-4-2-1-3-11(13)9-16(19)18-12-5-6-14-15(10-12)21-8-7-20-14/h1-4,12,14-15H,5-10H2,(H,18,19)/t12-,14-,15-/m1/s1. The highest BCUT2D eigenvalue weighted by molar-refractivity contribution is 6.31. The predicted octanol–water partition coefficient (Wildman–Crippen LogP) is 2.34. The van der Waals surface area contributed by atoms with E-state index in [1.807, 2.05) is 24.3 Å². The van der Waals surface area contributed by atoms with Crippen LogP contribution in [0.5, 0.6) is 0 Å². The minimum atomic E-state index is 0.0169. The zero-order valence-electron chi connectivity index (χ0n) is 11.9. The molecule has 1 amide bonds. The van der Waals surface area contributed by atoms with E-state index < -0.39 is 0 Å². The van der Waals surface area contributed by atoms with Gasteiger partial charge in [-0.1, -0.05) is 29.8 Å². The Labute approximate surface area is 129 Å². The average Bonchev–Trinajstić information content (AvgIpc) is 2.49. The van der Waals surface area contributed by atoms with Gasteiger partial charge in [-0.05, 0) is 30.9 Å². The number of carbonyl (C=O) groups is 1. The van der Waals surface area contributed by atoms with Crippen molar-refractivity contribution in [2.75, 3.05) is 13.2 Å². The molecule has 0 unspecified atom stereocenters. The molecular formula is C16H20ClNO3. The highest BCUT2D eigenvalue weighted by Gasteiger charge is 2.34. The quantitative estimate of drug-likeness (QED) is 0.932. The van der Waals surface area contributed by atoms with Gasteiger partial charge >= 0.3 is 0 Å². The summed E-state index contributed by atoms with van der Waals surface area (Å²) in [4.78, 5) is 12.2. The first kappa shape index (κ1) is 14.8. The van der Waals surface area contributed by atoms with Crippen molar-refractivity contribution in [3.63, 3.8) is 0 Å². The number of benzene rings is 1. The van der Waals surface area contributed by atoms with Crippen molar-refractivity contribution in [1.29, 1.82) is 0 Å². The summed E-state index contributed by atoms with van der Waals surface area (Å²) in [5.41, 5.74) is 0.864. The Balaban J connectivity index is 1.52. The lowest BCUT2D eigenvalue weighted by Crippen LogP contribution is -2.49. The molecule has 21 heavy (non-hydrogen) atoms. The van der Waals surface area contributed by atoms with Crippen LogP contribution in [0.25, 0.3) is 0 Å².